The number of rotatable bonds is 3. The molecule has 18 heavy (non-hydrogen) atoms. The maximum atomic E-state index is 4.63. The second-order valence-electron chi connectivity index (χ2n) is 4.76. The van der Waals surface area contributed by atoms with E-state index in [1.165, 1.54) is 11.1 Å². The molecule has 0 spiro atoms. The van der Waals surface area contributed by atoms with Crippen LogP contribution in [0.15, 0.2) is 18.2 Å². The van der Waals surface area contributed by atoms with Crippen LogP contribution in [0.25, 0.3) is 11.4 Å². The van der Waals surface area contributed by atoms with Gasteiger partial charge >= 0.3 is 0 Å². The van der Waals surface area contributed by atoms with Crippen molar-refractivity contribution in [2.45, 2.75) is 27.3 Å². The van der Waals surface area contributed by atoms with E-state index >= 15 is 0 Å². The van der Waals surface area contributed by atoms with Crippen LogP contribution in [0, 0.1) is 13.8 Å². The summed E-state index contributed by atoms with van der Waals surface area (Å²) in [5.74, 6) is 1.70. The highest BCUT2D eigenvalue weighted by molar-refractivity contribution is 5.62. The number of aromatic nitrogens is 3. The molecule has 0 radical (unpaired) electrons. The minimum absolute atomic E-state index is 0.807. The standard InChI is InChI=1S/C14H20N4/c1-6-18-14(17(4)5)15-13(16-18)12-9-10(2)7-8-11(12)3/h7-9H,6H2,1-5H3. The normalized spacial score (nSPS) is 10.7. The molecule has 2 rings (SSSR count). The first-order valence-corrected chi connectivity index (χ1v) is 6.22. The Balaban J connectivity index is 2.54. The molecule has 2 aromatic rings. The van der Waals surface area contributed by atoms with Crippen molar-refractivity contribution in [3.8, 4) is 11.4 Å². The summed E-state index contributed by atoms with van der Waals surface area (Å²) >= 11 is 0. The van der Waals surface area contributed by atoms with Crippen LogP contribution in [-0.2, 0) is 6.54 Å². The zero-order valence-corrected chi connectivity index (χ0v) is 11.7. The van der Waals surface area contributed by atoms with Gasteiger partial charge in [0.05, 0.1) is 0 Å². The van der Waals surface area contributed by atoms with Crippen molar-refractivity contribution in [1.29, 1.82) is 0 Å². The summed E-state index contributed by atoms with van der Waals surface area (Å²) in [6.45, 7) is 7.09. The molecule has 0 aliphatic carbocycles. The van der Waals surface area contributed by atoms with Crippen LogP contribution < -0.4 is 4.90 Å². The molecular weight excluding hydrogens is 224 g/mol. The molecule has 1 aromatic heterocycles. The molecule has 0 aliphatic heterocycles. The highest BCUT2D eigenvalue weighted by Gasteiger charge is 2.13. The van der Waals surface area contributed by atoms with Crippen LogP contribution >= 0.6 is 0 Å². The number of hydrogen-bond donors (Lipinski definition) is 0. The first kappa shape index (κ1) is 12.6. The molecule has 4 heteroatoms. The van der Waals surface area contributed by atoms with E-state index in [1.807, 2.05) is 23.7 Å². The molecule has 4 nitrogen and oxygen atoms in total. The van der Waals surface area contributed by atoms with Crippen molar-refractivity contribution in [3.63, 3.8) is 0 Å². The summed E-state index contributed by atoms with van der Waals surface area (Å²) in [6, 6.07) is 6.37. The third kappa shape index (κ3) is 2.23. The fourth-order valence-corrected chi connectivity index (χ4v) is 1.97. The van der Waals surface area contributed by atoms with Crippen molar-refractivity contribution < 1.29 is 0 Å². The van der Waals surface area contributed by atoms with Gasteiger partial charge in [0.25, 0.3) is 0 Å². The van der Waals surface area contributed by atoms with Gasteiger partial charge in [-0.15, -0.1) is 5.10 Å². The zero-order chi connectivity index (χ0) is 13.3. The van der Waals surface area contributed by atoms with Crippen LogP contribution in [0.3, 0.4) is 0 Å². The number of hydrogen-bond acceptors (Lipinski definition) is 3. The van der Waals surface area contributed by atoms with E-state index < -0.39 is 0 Å². The summed E-state index contributed by atoms with van der Waals surface area (Å²) in [5, 5.41) is 4.59. The van der Waals surface area contributed by atoms with E-state index in [2.05, 4.69) is 49.1 Å². The monoisotopic (exact) mass is 244 g/mol. The third-order valence-corrected chi connectivity index (χ3v) is 2.99. The predicted octanol–water partition coefficient (Wildman–Crippen LogP) is 2.65. The summed E-state index contributed by atoms with van der Waals surface area (Å²) in [4.78, 5) is 6.62. The fourth-order valence-electron chi connectivity index (χ4n) is 1.97. The molecule has 0 unspecified atom stereocenters. The molecule has 0 bridgehead atoms. The van der Waals surface area contributed by atoms with E-state index in [9.17, 15) is 0 Å². The van der Waals surface area contributed by atoms with Gasteiger partial charge in [-0.05, 0) is 32.4 Å². The van der Waals surface area contributed by atoms with Crippen molar-refractivity contribution in [2.24, 2.45) is 0 Å². The number of anilines is 1. The molecule has 1 heterocycles. The largest absolute Gasteiger partial charge is 0.347 e. The summed E-state index contributed by atoms with van der Waals surface area (Å²) in [6.07, 6.45) is 0. The smallest absolute Gasteiger partial charge is 0.223 e. The van der Waals surface area contributed by atoms with Gasteiger partial charge in [-0.1, -0.05) is 17.7 Å². The van der Waals surface area contributed by atoms with Crippen LogP contribution in [0.5, 0.6) is 0 Å². The molecule has 0 fully saturated rings. The minimum Gasteiger partial charge on any atom is -0.347 e. The van der Waals surface area contributed by atoms with Crippen LogP contribution in [0.1, 0.15) is 18.1 Å². The van der Waals surface area contributed by atoms with Crippen LogP contribution in [0.2, 0.25) is 0 Å². The molecule has 0 saturated carbocycles. The number of benzene rings is 1. The number of nitrogens with zero attached hydrogens (tertiary/aromatic N) is 4. The van der Waals surface area contributed by atoms with Gasteiger partial charge in [0.2, 0.25) is 5.95 Å². The molecule has 0 atom stereocenters. The average molecular weight is 244 g/mol. The Morgan fingerprint density at radius 1 is 1.22 bits per heavy atom. The molecule has 96 valence electrons. The van der Waals surface area contributed by atoms with E-state index in [1.54, 1.807) is 0 Å². The summed E-state index contributed by atoms with van der Waals surface area (Å²) < 4.78 is 1.93. The van der Waals surface area contributed by atoms with Crippen molar-refractivity contribution >= 4 is 5.95 Å². The Bertz CT molecular complexity index is 555. The lowest BCUT2D eigenvalue weighted by atomic mass is 10.1. The summed E-state index contributed by atoms with van der Waals surface area (Å²) in [5.41, 5.74) is 3.55. The van der Waals surface area contributed by atoms with Crippen molar-refractivity contribution in [3.05, 3.63) is 29.3 Å². The van der Waals surface area contributed by atoms with Gasteiger partial charge in [0, 0.05) is 26.2 Å². The van der Waals surface area contributed by atoms with Gasteiger partial charge in [-0.3, -0.25) is 0 Å². The minimum atomic E-state index is 0.807. The first-order valence-electron chi connectivity index (χ1n) is 6.22. The van der Waals surface area contributed by atoms with Gasteiger partial charge in [0.15, 0.2) is 5.82 Å². The lowest BCUT2D eigenvalue weighted by molar-refractivity contribution is 0.654. The van der Waals surface area contributed by atoms with E-state index in [0.29, 0.717) is 0 Å². The second-order valence-corrected chi connectivity index (χ2v) is 4.76. The third-order valence-electron chi connectivity index (χ3n) is 2.99. The van der Waals surface area contributed by atoms with Gasteiger partial charge in [0.1, 0.15) is 0 Å². The Labute approximate surface area is 108 Å². The maximum Gasteiger partial charge on any atom is 0.223 e. The Kier molecular flexibility index (Phi) is 3.36. The topological polar surface area (TPSA) is 34.0 Å². The van der Waals surface area contributed by atoms with Crippen molar-refractivity contribution in [2.75, 3.05) is 19.0 Å². The Morgan fingerprint density at radius 2 is 1.94 bits per heavy atom. The Hall–Kier alpha value is -1.84. The highest BCUT2D eigenvalue weighted by atomic mass is 15.4. The zero-order valence-electron chi connectivity index (χ0n) is 11.7. The number of aryl methyl sites for hydroxylation is 3. The maximum absolute atomic E-state index is 4.63. The van der Waals surface area contributed by atoms with E-state index in [0.717, 1.165) is 23.9 Å². The van der Waals surface area contributed by atoms with E-state index in [-0.39, 0.29) is 0 Å². The van der Waals surface area contributed by atoms with Crippen LogP contribution in [-0.4, -0.2) is 28.9 Å². The molecular formula is C14H20N4. The lowest BCUT2D eigenvalue weighted by Gasteiger charge is -2.10. The molecule has 0 aliphatic rings. The van der Waals surface area contributed by atoms with Gasteiger partial charge in [-0.2, -0.15) is 4.98 Å². The highest BCUT2D eigenvalue weighted by Crippen LogP contribution is 2.23. The SMILES string of the molecule is CCn1nc(-c2cc(C)ccc2C)nc1N(C)C. The quantitative estimate of drug-likeness (QED) is 0.832. The fraction of sp³-hybridized carbons (Fsp3) is 0.429. The molecule has 0 N–H and O–H groups in total. The first-order chi connectivity index (χ1) is 8.52. The van der Waals surface area contributed by atoms with Crippen molar-refractivity contribution in [1.82, 2.24) is 14.8 Å². The lowest BCUT2D eigenvalue weighted by Crippen LogP contribution is -2.15. The van der Waals surface area contributed by atoms with Crippen LogP contribution in [0.4, 0.5) is 5.95 Å². The predicted molar refractivity (Wildman–Crippen MR) is 74.9 cm³/mol. The second kappa shape index (κ2) is 4.80. The van der Waals surface area contributed by atoms with E-state index in [4.69, 9.17) is 0 Å². The molecule has 1 aromatic carbocycles. The van der Waals surface area contributed by atoms with Gasteiger partial charge < -0.3 is 4.90 Å². The molecule has 0 saturated heterocycles. The molecule has 0 amide bonds. The van der Waals surface area contributed by atoms with Gasteiger partial charge in [-0.25, -0.2) is 4.68 Å². The average Bonchev–Trinajstić information content (AvgIpc) is 2.76. The Morgan fingerprint density at radius 3 is 2.50 bits per heavy atom. The summed E-state index contributed by atoms with van der Waals surface area (Å²) in [7, 11) is 3.98.